The first kappa shape index (κ1) is 17.7. The van der Waals surface area contributed by atoms with E-state index in [0.717, 1.165) is 24.3 Å². The zero-order valence-electron chi connectivity index (χ0n) is 15.3. The molecule has 0 spiro atoms. The fourth-order valence-electron chi connectivity index (χ4n) is 3.48. The Hall–Kier alpha value is -2.14. The van der Waals surface area contributed by atoms with Crippen LogP contribution in [0.3, 0.4) is 0 Å². The van der Waals surface area contributed by atoms with Gasteiger partial charge in [0.25, 0.3) is 0 Å². The van der Waals surface area contributed by atoms with Gasteiger partial charge in [-0.1, -0.05) is 25.0 Å². The Labute approximate surface area is 150 Å². The lowest BCUT2D eigenvalue weighted by molar-refractivity contribution is -0.135. The minimum atomic E-state index is -0.0357. The number of nitrogens with zero attached hydrogens (tertiary/aromatic N) is 4. The summed E-state index contributed by atoms with van der Waals surface area (Å²) in [5.74, 6) is 0.207. The van der Waals surface area contributed by atoms with Crippen LogP contribution in [-0.4, -0.2) is 51.7 Å². The number of benzene rings is 1. The molecule has 0 unspecified atom stereocenters. The molecule has 1 aliphatic heterocycles. The van der Waals surface area contributed by atoms with Gasteiger partial charge in [0.05, 0.1) is 11.7 Å². The second kappa shape index (κ2) is 8.30. The Morgan fingerprint density at radius 2 is 1.84 bits per heavy atom. The van der Waals surface area contributed by atoms with Gasteiger partial charge in [-0.15, -0.1) is 0 Å². The Kier molecular flexibility index (Phi) is 5.87. The Morgan fingerprint density at radius 1 is 1.16 bits per heavy atom. The predicted octanol–water partition coefficient (Wildman–Crippen LogP) is 3.10. The summed E-state index contributed by atoms with van der Waals surface area (Å²) in [6.45, 7) is 4.76. The molecule has 5 heteroatoms. The normalized spacial score (nSPS) is 17.0. The van der Waals surface area contributed by atoms with Crippen LogP contribution in [0.4, 0.5) is 0 Å². The van der Waals surface area contributed by atoms with Crippen LogP contribution in [0.5, 0.6) is 0 Å². The predicted molar refractivity (Wildman–Crippen MR) is 99.5 cm³/mol. The molecule has 1 amide bonds. The van der Waals surface area contributed by atoms with Crippen molar-refractivity contribution < 1.29 is 4.79 Å². The zero-order chi connectivity index (χ0) is 17.6. The topological polar surface area (TPSA) is 41.4 Å². The van der Waals surface area contributed by atoms with E-state index in [4.69, 9.17) is 0 Å². The summed E-state index contributed by atoms with van der Waals surface area (Å²) in [5, 5.41) is 4.23. The summed E-state index contributed by atoms with van der Waals surface area (Å²) < 4.78 is 1.83. The van der Waals surface area contributed by atoms with Crippen molar-refractivity contribution in [2.75, 3.05) is 20.1 Å². The molecule has 0 bridgehead atoms. The lowest BCUT2D eigenvalue weighted by Gasteiger charge is -2.30. The van der Waals surface area contributed by atoms with Crippen molar-refractivity contribution in [3.05, 3.63) is 48.3 Å². The highest BCUT2D eigenvalue weighted by atomic mass is 16.2. The van der Waals surface area contributed by atoms with Gasteiger partial charge in [0.2, 0.25) is 5.91 Å². The van der Waals surface area contributed by atoms with Gasteiger partial charge in [0, 0.05) is 26.0 Å². The van der Waals surface area contributed by atoms with E-state index in [9.17, 15) is 4.79 Å². The van der Waals surface area contributed by atoms with Crippen molar-refractivity contribution in [1.82, 2.24) is 19.6 Å². The maximum Gasteiger partial charge on any atom is 0.239 e. The number of rotatable bonds is 5. The third-order valence-corrected chi connectivity index (χ3v) is 5.05. The third-order valence-electron chi connectivity index (χ3n) is 5.05. The van der Waals surface area contributed by atoms with Crippen LogP contribution < -0.4 is 0 Å². The van der Waals surface area contributed by atoms with Crippen molar-refractivity contribution in [2.45, 2.75) is 45.2 Å². The van der Waals surface area contributed by atoms with Crippen molar-refractivity contribution in [3.8, 4) is 5.69 Å². The van der Waals surface area contributed by atoms with E-state index in [-0.39, 0.29) is 11.9 Å². The molecule has 1 saturated heterocycles. The molecule has 0 aliphatic carbocycles. The number of hydrogen-bond acceptors (Lipinski definition) is 3. The van der Waals surface area contributed by atoms with E-state index < -0.39 is 0 Å². The van der Waals surface area contributed by atoms with E-state index >= 15 is 0 Å². The van der Waals surface area contributed by atoms with Gasteiger partial charge < -0.3 is 4.90 Å². The summed E-state index contributed by atoms with van der Waals surface area (Å²) in [7, 11) is 1.90. The average Bonchev–Trinajstić information content (AvgIpc) is 3.03. The van der Waals surface area contributed by atoms with Crippen LogP contribution in [0.15, 0.2) is 42.7 Å². The first-order valence-electron chi connectivity index (χ1n) is 9.23. The molecule has 1 aliphatic rings. The van der Waals surface area contributed by atoms with Gasteiger partial charge in [0.15, 0.2) is 0 Å². The van der Waals surface area contributed by atoms with Gasteiger partial charge in [-0.3, -0.25) is 9.69 Å². The number of hydrogen-bond donors (Lipinski definition) is 0. The number of aromatic nitrogens is 2. The van der Waals surface area contributed by atoms with Gasteiger partial charge in [-0.2, -0.15) is 5.10 Å². The highest BCUT2D eigenvalue weighted by molar-refractivity contribution is 5.81. The van der Waals surface area contributed by atoms with E-state index in [1.54, 1.807) is 6.20 Å². The molecule has 1 fully saturated rings. The summed E-state index contributed by atoms with van der Waals surface area (Å²) in [4.78, 5) is 17.0. The molecule has 25 heavy (non-hydrogen) atoms. The molecule has 0 radical (unpaired) electrons. The summed E-state index contributed by atoms with van der Waals surface area (Å²) in [6.07, 6.45) is 8.68. The van der Waals surface area contributed by atoms with Crippen molar-refractivity contribution >= 4 is 5.91 Å². The second-order valence-corrected chi connectivity index (χ2v) is 6.94. The smallest absolute Gasteiger partial charge is 0.239 e. The molecular weight excluding hydrogens is 312 g/mol. The number of carbonyl (C=O) groups excluding carboxylic acids is 1. The van der Waals surface area contributed by atoms with Gasteiger partial charge in [-0.25, -0.2) is 4.68 Å². The van der Waals surface area contributed by atoms with E-state index in [2.05, 4.69) is 22.1 Å². The van der Waals surface area contributed by atoms with Crippen LogP contribution in [0, 0.1) is 0 Å². The van der Waals surface area contributed by atoms with Crippen LogP contribution in [0.2, 0.25) is 0 Å². The molecule has 2 aromatic rings. The molecule has 2 heterocycles. The Morgan fingerprint density at radius 3 is 2.44 bits per heavy atom. The number of likely N-dealkylation sites (N-methyl/N-ethyl adjacent to an activating group) is 1. The van der Waals surface area contributed by atoms with Crippen molar-refractivity contribution in [1.29, 1.82) is 0 Å². The fourth-order valence-corrected chi connectivity index (χ4v) is 3.48. The highest BCUT2D eigenvalue weighted by Gasteiger charge is 2.24. The summed E-state index contributed by atoms with van der Waals surface area (Å²) in [5.41, 5.74) is 2.16. The number of amides is 1. The van der Waals surface area contributed by atoms with Gasteiger partial charge in [-0.05, 0) is 56.6 Å². The highest BCUT2D eigenvalue weighted by Crippen LogP contribution is 2.15. The quantitative estimate of drug-likeness (QED) is 0.840. The average molecular weight is 340 g/mol. The Balaban J connectivity index is 1.59. The maximum absolute atomic E-state index is 12.8. The standard InChI is InChI=1S/C20H28N4O/c1-17(23-13-5-3-4-6-14-23)20(25)22(2)16-18-8-10-19(11-9-18)24-15-7-12-21-24/h7-12,15,17H,3-6,13-14,16H2,1-2H3/t17-/m0/s1. The largest absolute Gasteiger partial charge is 0.340 e. The molecule has 0 N–H and O–H groups in total. The Bertz CT molecular complexity index is 658. The zero-order valence-corrected chi connectivity index (χ0v) is 15.3. The fraction of sp³-hybridized carbons (Fsp3) is 0.500. The molecule has 3 rings (SSSR count). The van der Waals surface area contributed by atoms with Crippen LogP contribution in [0.1, 0.15) is 38.2 Å². The lowest BCUT2D eigenvalue weighted by Crippen LogP contribution is -2.45. The van der Waals surface area contributed by atoms with E-state index in [0.29, 0.717) is 6.54 Å². The molecular formula is C20H28N4O. The summed E-state index contributed by atoms with van der Waals surface area (Å²) in [6, 6.07) is 10.1. The molecule has 1 atom stereocenters. The van der Waals surface area contributed by atoms with Crippen molar-refractivity contribution in [2.24, 2.45) is 0 Å². The molecule has 1 aromatic carbocycles. The molecule has 134 valence electrons. The van der Waals surface area contributed by atoms with E-state index in [1.165, 1.54) is 25.7 Å². The third kappa shape index (κ3) is 4.48. The molecule has 0 saturated carbocycles. The maximum atomic E-state index is 12.8. The summed E-state index contributed by atoms with van der Waals surface area (Å²) >= 11 is 0. The van der Waals surface area contributed by atoms with Gasteiger partial charge in [0.1, 0.15) is 0 Å². The first-order valence-corrected chi connectivity index (χ1v) is 9.23. The number of likely N-dealkylation sites (tertiary alicyclic amines) is 1. The monoisotopic (exact) mass is 340 g/mol. The van der Waals surface area contributed by atoms with Crippen molar-refractivity contribution in [3.63, 3.8) is 0 Å². The molecule has 5 nitrogen and oxygen atoms in total. The van der Waals surface area contributed by atoms with E-state index in [1.807, 2.05) is 47.9 Å². The molecule has 1 aromatic heterocycles. The first-order chi connectivity index (χ1) is 12.1. The second-order valence-electron chi connectivity index (χ2n) is 6.94. The minimum Gasteiger partial charge on any atom is -0.340 e. The SMILES string of the molecule is C[C@@H](C(=O)N(C)Cc1ccc(-n2cccn2)cc1)N1CCCCCC1. The number of carbonyl (C=O) groups is 1. The van der Waals surface area contributed by atoms with Crippen LogP contribution >= 0.6 is 0 Å². The minimum absolute atomic E-state index is 0.0357. The lowest BCUT2D eigenvalue weighted by atomic mass is 10.1. The van der Waals surface area contributed by atoms with Crippen LogP contribution in [-0.2, 0) is 11.3 Å². The van der Waals surface area contributed by atoms with Gasteiger partial charge >= 0.3 is 0 Å². The van der Waals surface area contributed by atoms with Crippen LogP contribution in [0.25, 0.3) is 5.69 Å².